The van der Waals surface area contributed by atoms with Crippen LogP contribution in [0.5, 0.6) is 0 Å². The molecule has 0 bridgehead atoms. The van der Waals surface area contributed by atoms with E-state index in [0.29, 0.717) is 80.9 Å². The van der Waals surface area contributed by atoms with Crippen LogP contribution in [0.3, 0.4) is 0 Å². The highest BCUT2D eigenvalue weighted by Crippen LogP contribution is 2.38. The zero-order chi connectivity index (χ0) is 26.3. The van der Waals surface area contributed by atoms with E-state index in [1.807, 2.05) is 18.2 Å². The molecule has 5 rings (SSSR count). The summed E-state index contributed by atoms with van der Waals surface area (Å²) < 4.78 is 21.7. The van der Waals surface area contributed by atoms with Gasteiger partial charge in [-0.3, -0.25) is 4.79 Å². The maximum Gasteiger partial charge on any atom is 0.184 e. The molecule has 0 spiro atoms. The van der Waals surface area contributed by atoms with Gasteiger partial charge in [0.2, 0.25) is 0 Å². The number of nitrogens with zero attached hydrogens (tertiary/aromatic N) is 2. The van der Waals surface area contributed by atoms with Crippen LogP contribution in [-0.2, 0) is 29.8 Å². The van der Waals surface area contributed by atoms with Crippen LogP contribution in [0.2, 0.25) is 10.0 Å². The van der Waals surface area contributed by atoms with E-state index in [1.165, 1.54) is 0 Å². The molecule has 0 aromatic heterocycles. The van der Waals surface area contributed by atoms with Crippen LogP contribution in [0.25, 0.3) is 0 Å². The van der Waals surface area contributed by atoms with Gasteiger partial charge in [-0.2, -0.15) is 10.5 Å². The Bertz CT molecular complexity index is 1190. The Balaban J connectivity index is 0.000000176. The quantitative estimate of drug-likeness (QED) is 0.457. The summed E-state index contributed by atoms with van der Waals surface area (Å²) in [4.78, 5) is 10.8. The van der Waals surface area contributed by atoms with Crippen molar-refractivity contribution in [3.63, 3.8) is 0 Å². The summed E-state index contributed by atoms with van der Waals surface area (Å²) in [6.07, 6.45) is 3.04. The SMILES string of the molecule is N#CC1(c2cc(Cl)cc(C3OCCO3)c2)CCOCC1.N#CC1(c2cc(Cl)cc(C=O)c2)CCOCC1. The number of hydrogen-bond donors (Lipinski definition) is 0. The number of carbonyl (C=O) groups is 1. The van der Waals surface area contributed by atoms with Crippen molar-refractivity contribution in [2.75, 3.05) is 39.6 Å². The van der Waals surface area contributed by atoms with Gasteiger partial charge in [-0.05, 0) is 73.2 Å². The normalized spacial score (nSPS) is 20.6. The second-order valence-corrected chi connectivity index (χ2v) is 10.2. The fraction of sp³-hybridized carbons (Fsp3) is 0.464. The molecule has 0 saturated carbocycles. The lowest BCUT2D eigenvalue weighted by molar-refractivity contribution is -0.0442. The molecule has 0 atom stereocenters. The third-order valence-corrected chi connectivity index (χ3v) is 7.53. The molecule has 2 aromatic rings. The average Bonchev–Trinajstić information content (AvgIpc) is 3.49. The Morgan fingerprint density at radius 3 is 1.70 bits per heavy atom. The van der Waals surface area contributed by atoms with Gasteiger partial charge in [0.15, 0.2) is 6.29 Å². The Kier molecular flexibility index (Phi) is 9.21. The predicted octanol–water partition coefficient (Wildman–Crippen LogP) is 5.68. The third kappa shape index (κ3) is 6.33. The molecule has 9 heteroatoms. The first-order chi connectivity index (χ1) is 17.9. The van der Waals surface area contributed by atoms with E-state index in [1.54, 1.807) is 18.2 Å². The fourth-order valence-electron chi connectivity index (χ4n) is 4.90. The van der Waals surface area contributed by atoms with Gasteiger partial charge in [0.05, 0.1) is 36.2 Å². The lowest BCUT2D eigenvalue weighted by Crippen LogP contribution is -2.32. The molecule has 3 saturated heterocycles. The van der Waals surface area contributed by atoms with E-state index in [0.717, 1.165) is 23.0 Å². The Morgan fingerprint density at radius 2 is 1.22 bits per heavy atom. The van der Waals surface area contributed by atoms with Crippen molar-refractivity contribution in [3.8, 4) is 12.1 Å². The third-order valence-electron chi connectivity index (χ3n) is 7.10. The minimum absolute atomic E-state index is 0.372. The van der Waals surface area contributed by atoms with Crippen molar-refractivity contribution in [1.29, 1.82) is 10.5 Å². The fourth-order valence-corrected chi connectivity index (χ4v) is 5.39. The standard InChI is InChI=1S/C15H16ClNO3.C13H12ClNO2/c16-13-8-11(14-19-5-6-20-14)7-12(9-13)15(10-17)1-3-18-4-2-15;14-12-6-10(8-16)5-11(7-12)13(9-15)1-3-17-4-2-13/h7-9,14H,1-6H2;5-8H,1-4H2. The molecular formula is C28H28Cl2N2O5. The molecule has 3 heterocycles. The van der Waals surface area contributed by atoms with Gasteiger partial charge in [0.25, 0.3) is 0 Å². The van der Waals surface area contributed by atoms with Crippen molar-refractivity contribution in [2.24, 2.45) is 0 Å². The topological polar surface area (TPSA) is 102 Å². The average molecular weight is 543 g/mol. The number of hydrogen-bond acceptors (Lipinski definition) is 7. The second-order valence-electron chi connectivity index (χ2n) is 9.35. The maximum atomic E-state index is 10.8. The van der Waals surface area contributed by atoms with E-state index in [4.69, 9.17) is 42.1 Å². The van der Waals surface area contributed by atoms with E-state index in [-0.39, 0.29) is 6.29 Å². The van der Waals surface area contributed by atoms with Crippen LogP contribution in [0.4, 0.5) is 0 Å². The Labute approximate surface area is 226 Å². The second kappa shape index (κ2) is 12.4. The van der Waals surface area contributed by atoms with Gasteiger partial charge in [0, 0.05) is 47.6 Å². The summed E-state index contributed by atoms with van der Waals surface area (Å²) in [6, 6.07) is 15.6. The van der Waals surface area contributed by atoms with E-state index >= 15 is 0 Å². The number of carbonyl (C=O) groups excluding carboxylic acids is 1. The zero-order valence-corrected chi connectivity index (χ0v) is 21.9. The highest BCUT2D eigenvalue weighted by Gasteiger charge is 2.36. The van der Waals surface area contributed by atoms with Gasteiger partial charge in [-0.25, -0.2) is 0 Å². The number of aldehydes is 1. The number of halogens is 2. The van der Waals surface area contributed by atoms with E-state index < -0.39 is 10.8 Å². The summed E-state index contributed by atoms with van der Waals surface area (Å²) in [5, 5.41) is 20.1. The summed E-state index contributed by atoms with van der Waals surface area (Å²) >= 11 is 12.2. The smallest absolute Gasteiger partial charge is 0.184 e. The monoisotopic (exact) mass is 542 g/mol. The van der Waals surface area contributed by atoms with Crippen LogP contribution in [0, 0.1) is 22.7 Å². The van der Waals surface area contributed by atoms with Crippen molar-refractivity contribution < 1.29 is 23.7 Å². The molecule has 0 amide bonds. The minimum atomic E-state index is -0.569. The summed E-state index contributed by atoms with van der Waals surface area (Å²) in [5.41, 5.74) is 2.06. The summed E-state index contributed by atoms with van der Waals surface area (Å²) in [5.74, 6) is 0. The van der Waals surface area contributed by atoms with Gasteiger partial charge in [-0.15, -0.1) is 0 Å². The molecule has 2 aromatic carbocycles. The Hall–Kier alpha value is -2.49. The predicted molar refractivity (Wildman–Crippen MR) is 138 cm³/mol. The van der Waals surface area contributed by atoms with Crippen molar-refractivity contribution in [3.05, 3.63) is 68.7 Å². The molecule has 0 aliphatic carbocycles. The van der Waals surface area contributed by atoms with E-state index in [9.17, 15) is 15.3 Å². The minimum Gasteiger partial charge on any atom is -0.381 e. The molecule has 194 valence electrons. The zero-order valence-electron chi connectivity index (χ0n) is 20.4. The van der Waals surface area contributed by atoms with Crippen LogP contribution in [0.1, 0.15) is 59.0 Å². The van der Waals surface area contributed by atoms with Gasteiger partial charge in [-0.1, -0.05) is 23.2 Å². The molecule has 37 heavy (non-hydrogen) atoms. The molecule has 0 N–H and O–H groups in total. The Morgan fingerprint density at radius 1 is 0.730 bits per heavy atom. The molecule has 0 unspecified atom stereocenters. The van der Waals surface area contributed by atoms with Crippen LogP contribution in [0.15, 0.2) is 36.4 Å². The highest BCUT2D eigenvalue weighted by molar-refractivity contribution is 6.31. The van der Waals surface area contributed by atoms with E-state index in [2.05, 4.69) is 12.1 Å². The molecular weight excluding hydrogens is 515 g/mol. The lowest BCUT2D eigenvalue weighted by atomic mass is 9.75. The lowest BCUT2D eigenvalue weighted by Gasteiger charge is -2.31. The first kappa shape index (κ1) is 27.5. The van der Waals surface area contributed by atoms with Crippen LogP contribution >= 0.6 is 23.2 Å². The summed E-state index contributed by atoms with van der Waals surface area (Å²) in [7, 11) is 0. The maximum absolute atomic E-state index is 10.8. The van der Waals surface area contributed by atoms with Gasteiger partial charge < -0.3 is 18.9 Å². The largest absolute Gasteiger partial charge is 0.381 e. The molecule has 3 aliphatic heterocycles. The molecule has 0 radical (unpaired) electrons. The molecule has 3 fully saturated rings. The number of ether oxygens (including phenoxy) is 4. The van der Waals surface area contributed by atoms with Crippen molar-refractivity contribution in [1.82, 2.24) is 0 Å². The van der Waals surface area contributed by atoms with Gasteiger partial charge in [0.1, 0.15) is 6.29 Å². The molecule has 3 aliphatic rings. The van der Waals surface area contributed by atoms with Crippen molar-refractivity contribution >= 4 is 29.5 Å². The van der Waals surface area contributed by atoms with Crippen LogP contribution in [-0.4, -0.2) is 45.9 Å². The number of benzene rings is 2. The first-order valence-electron chi connectivity index (χ1n) is 12.2. The number of rotatable bonds is 4. The van der Waals surface area contributed by atoms with Crippen molar-refractivity contribution in [2.45, 2.75) is 42.8 Å². The number of nitriles is 2. The van der Waals surface area contributed by atoms with Crippen LogP contribution < -0.4 is 0 Å². The van der Waals surface area contributed by atoms with Gasteiger partial charge >= 0.3 is 0 Å². The highest BCUT2D eigenvalue weighted by atomic mass is 35.5. The molecule has 7 nitrogen and oxygen atoms in total. The first-order valence-corrected chi connectivity index (χ1v) is 13.0. The summed E-state index contributed by atoms with van der Waals surface area (Å²) in [6.45, 7) is 3.51.